The fraction of sp³-hybridized carbons (Fsp3) is 0.714. The van der Waals surface area contributed by atoms with Crippen molar-refractivity contribution in [1.29, 1.82) is 5.41 Å². The normalized spacial score (nSPS) is 33.1. The van der Waals surface area contributed by atoms with Crippen LogP contribution in [0.2, 0.25) is 0 Å². The predicted octanol–water partition coefficient (Wildman–Crippen LogP) is 1.44. The zero-order valence-electron chi connectivity index (χ0n) is 23.3. The van der Waals surface area contributed by atoms with Crippen LogP contribution in [0.3, 0.4) is 0 Å². The van der Waals surface area contributed by atoms with E-state index in [4.69, 9.17) is 11.1 Å². The smallest absolute Gasteiger partial charge is 0.334 e. The number of imide groups is 1. The molecular weight excluding hydrogens is 532 g/mol. The van der Waals surface area contributed by atoms with Crippen LogP contribution in [-0.2, 0) is 16.1 Å². The van der Waals surface area contributed by atoms with E-state index < -0.39 is 46.4 Å². The number of rotatable bonds is 7. The van der Waals surface area contributed by atoms with Gasteiger partial charge in [-0.05, 0) is 81.5 Å². The van der Waals surface area contributed by atoms with Crippen molar-refractivity contribution in [2.75, 3.05) is 13.6 Å². The van der Waals surface area contributed by atoms with Crippen molar-refractivity contribution in [2.24, 2.45) is 28.9 Å². The van der Waals surface area contributed by atoms with Gasteiger partial charge in [-0.25, -0.2) is 9.59 Å². The fourth-order valence-electron chi connectivity index (χ4n) is 8.15. The maximum absolute atomic E-state index is 13.5. The van der Waals surface area contributed by atoms with Gasteiger partial charge in [-0.3, -0.25) is 33.8 Å². The van der Waals surface area contributed by atoms with Crippen molar-refractivity contribution < 1.29 is 24.6 Å². The number of hydrogen-bond acceptors (Lipinski definition) is 7. The van der Waals surface area contributed by atoms with Gasteiger partial charge in [0.1, 0.15) is 16.9 Å². The second kappa shape index (κ2) is 9.45. The SMILES string of the molecule is CN1C(=O)N(C[C@H]2CC[C@@H]2C(=O)O)C2(CC3(CCC(n4c(=O)c(C(=N)N)c(O)n(CC5CCC5)c4=O)CC3)C2)C1=O. The summed E-state index contributed by atoms with van der Waals surface area (Å²) in [6.45, 7) is 0.523. The van der Waals surface area contributed by atoms with Crippen LogP contribution < -0.4 is 17.0 Å². The molecule has 0 bridgehead atoms. The number of carboxylic acids is 1. The van der Waals surface area contributed by atoms with E-state index in [0.29, 0.717) is 51.4 Å². The van der Waals surface area contributed by atoms with E-state index in [1.807, 2.05) is 0 Å². The first-order chi connectivity index (χ1) is 19.4. The second-order valence-corrected chi connectivity index (χ2v) is 13.1. The number of urea groups is 1. The van der Waals surface area contributed by atoms with Crippen molar-refractivity contribution >= 4 is 23.7 Å². The van der Waals surface area contributed by atoms with E-state index in [0.717, 1.165) is 28.7 Å². The van der Waals surface area contributed by atoms with Crippen LogP contribution in [0.25, 0.3) is 0 Å². The van der Waals surface area contributed by atoms with Gasteiger partial charge in [0.05, 0.1) is 5.92 Å². The van der Waals surface area contributed by atoms with E-state index in [1.54, 1.807) is 4.90 Å². The molecule has 13 nitrogen and oxygen atoms in total. The lowest BCUT2D eigenvalue weighted by molar-refractivity contribution is -0.154. The third kappa shape index (κ3) is 4.02. The number of nitrogens with two attached hydrogens (primary N) is 1. The number of aromatic nitrogens is 2. The molecule has 6 rings (SSSR count). The minimum Gasteiger partial charge on any atom is -0.494 e. The number of likely N-dealkylation sites (N-methyl/N-ethyl adjacent to an activating group) is 1. The van der Waals surface area contributed by atoms with Gasteiger partial charge in [-0.2, -0.15) is 0 Å². The molecule has 3 amide bonds. The first-order valence-electron chi connectivity index (χ1n) is 14.6. The average Bonchev–Trinajstić information content (AvgIpc) is 3.01. The average molecular weight is 571 g/mol. The molecule has 41 heavy (non-hydrogen) atoms. The predicted molar refractivity (Wildman–Crippen MR) is 146 cm³/mol. The number of nitrogens with one attached hydrogen (secondary N) is 1. The van der Waals surface area contributed by atoms with Gasteiger partial charge in [0.25, 0.3) is 11.5 Å². The molecule has 1 aliphatic heterocycles. The molecule has 5 aliphatic rings. The highest BCUT2D eigenvalue weighted by Gasteiger charge is 2.68. The zero-order chi connectivity index (χ0) is 29.4. The molecule has 1 aromatic rings. The summed E-state index contributed by atoms with van der Waals surface area (Å²) in [6, 6.07) is -0.816. The Labute approximate surface area is 236 Å². The zero-order valence-corrected chi connectivity index (χ0v) is 23.3. The molecular formula is C28H38N6O7. The van der Waals surface area contributed by atoms with Crippen molar-refractivity contribution in [1.82, 2.24) is 18.9 Å². The van der Waals surface area contributed by atoms with Gasteiger partial charge in [0, 0.05) is 26.2 Å². The molecule has 4 aliphatic carbocycles. The molecule has 4 saturated carbocycles. The number of nitrogen functional groups attached to an aromatic ring is 1. The number of carbonyl (C=O) groups is 3. The molecule has 5 N–H and O–H groups in total. The summed E-state index contributed by atoms with van der Waals surface area (Å²) in [4.78, 5) is 67.5. The van der Waals surface area contributed by atoms with Gasteiger partial charge in [0.15, 0.2) is 0 Å². The van der Waals surface area contributed by atoms with Crippen molar-refractivity contribution in [3.05, 3.63) is 26.4 Å². The maximum atomic E-state index is 13.5. The van der Waals surface area contributed by atoms with Crippen LogP contribution in [0.15, 0.2) is 9.59 Å². The fourth-order valence-corrected chi connectivity index (χ4v) is 8.15. The van der Waals surface area contributed by atoms with E-state index >= 15 is 0 Å². The quantitative estimate of drug-likeness (QED) is 0.215. The van der Waals surface area contributed by atoms with E-state index in [-0.39, 0.29) is 47.8 Å². The second-order valence-electron chi connectivity index (χ2n) is 13.1. The number of hydrogen-bond donors (Lipinski definition) is 4. The molecule has 13 heteroatoms. The van der Waals surface area contributed by atoms with Crippen molar-refractivity contribution in [2.45, 2.75) is 88.8 Å². The van der Waals surface area contributed by atoms with Crippen LogP contribution >= 0.6 is 0 Å². The highest BCUT2D eigenvalue weighted by Crippen LogP contribution is 2.62. The number of aliphatic carboxylic acids is 1. The summed E-state index contributed by atoms with van der Waals surface area (Å²) in [5.41, 5.74) is 2.78. The molecule has 0 unspecified atom stereocenters. The third-order valence-corrected chi connectivity index (χ3v) is 10.9. The third-order valence-electron chi connectivity index (χ3n) is 10.9. The molecule has 2 spiro atoms. The van der Waals surface area contributed by atoms with Gasteiger partial charge in [0.2, 0.25) is 5.88 Å². The van der Waals surface area contributed by atoms with Gasteiger partial charge < -0.3 is 20.8 Å². The number of nitrogens with zero attached hydrogens (tertiary/aromatic N) is 4. The minimum atomic E-state index is -0.968. The van der Waals surface area contributed by atoms with Crippen LogP contribution in [0.5, 0.6) is 5.88 Å². The highest BCUT2D eigenvalue weighted by molar-refractivity contribution is 6.07. The summed E-state index contributed by atoms with van der Waals surface area (Å²) < 4.78 is 2.34. The molecule has 0 aromatic carbocycles. The molecule has 1 saturated heterocycles. The Morgan fingerprint density at radius 1 is 1.02 bits per heavy atom. The van der Waals surface area contributed by atoms with E-state index in [2.05, 4.69) is 0 Å². The summed E-state index contributed by atoms with van der Waals surface area (Å²) >= 11 is 0. The van der Waals surface area contributed by atoms with E-state index in [1.165, 1.54) is 11.6 Å². The van der Waals surface area contributed by atoms with Crippen molar-refractivity contribution in [3.8, 4) is 5.88 Å². The van der Waals surface area contributed by atoms with Crippen molar-refractivity contribution in [3.63, 3.8) is 0 Å². The topological polar surface area (TPSA) is 192 Å². The molecule has 222 valence electrons. The minimum absolute atomic E-state index is 0.168. The van der Waals surface area contributed by atoms with Gasteiger partial charge in [-0.1, -0.05) is 6.42 Å². The Balaban J connectivity index is 1.21. The largest absolute Gasteiger partial charge is 0.494 e. The number of amides is 3. The Morgan fingerprint density at radius 3 is 2.20 bits per heavy atom. The number of carbonyl (C=O) groups excluding carboxylic acids is 2. The van der Waals surface area contributed by atoms with E-state index in [9.17, 15) is 34.2 Å². The summed E-state index contributed by atoms with van der Waals surface area (Å²) in [5.74, 6) is -2.68. The molecule has 2 atom stereocenters. The number of aromatic hydroxyl groups is 1. The summed E-state index contributed by atoms with van der Waals surface area (Å²) in [5, 5.41) is 28.1. The van der Waals surface area contributed by atoms with Crippen LogP contribution in [0.1, 0.15) is 82.2 Å². The molecule has 1 aromatic heterocycles. The molecule has 2 heterocycles. The lowest BCUT2D eigenvalue weighted by Crippen LogP contribution is -2.65. The maximum Gasteiger partial charge on any atom is 0.334 e. The van der Waals surface area contributed by atoms with Crippen LogP contribution in [0, 0.1) is 28.6 Å². The summed E-state index contributed by atoms with van der Waals surface area (Å²) in [6.07, 6.45) is 7.43. The Bertz CT molecular complexity index is 1440. The first kappa shape index (κ1) is 27.5. The standard InChI is InChI=1S/C28H38N6O7/c1-31-24(39)28(33(25(31)40)12-16-5-6-18(16)23(37)38)13-27(14-28)9-7-17(8-10-27)34-22(36)19(20(29)30)21(35)32(26(34)41)11-15-3-2-4-15/h15-18,35H,2-14H2,1H3,(H3,29,30)(H,37,38)/t16-,17?,18+,27?,28?/m1/s1. The van der Waals surface area contributed by atoms with Gasteiger partial charge in [-0.15, -0.1) is 0 Å². The lowest BCUT2D eigenvalue weighted by atomic mass is 9.51. The molecule has 5 fully saturated rings. The van der Waals surface area contributed by atoms with Crippen LogP contribution in [0.4, 0.5) is 4.79 Å². The Hall–Kier alpha value is -3.64. The Morgan fingerprint density at radius 2 is 1.68 bits per heavy atom. The Kier molecular flexibility index (Phi) is 6.34. The summed E-state index contributed by atoms with van der Waals surface area (Å²) in [7, 11) is 1.47. The van der Waals surface area contributed by atoms with Gasteiger partial charge >= 0.3 is 17.7 Å². The number of carboxylic acid groups (broad SMARTS) is 1. The monoisotopic (exact) mass is 570 g/mol. The number of amidine groups is 1. The lowest BCUT2D eigenvalue weighted by Gasteiger charge is -2.59. The first-order valence-corrected chi connectivity index (χ1v) is 14.6. The molecule has 0 radical (unpaired) electrons. The van der Waals surface area contributed by atoms with Crippen LogP contribution in [-0.4, -0.2) is 72.0 Å². The highest BCUT2D eigenvalue weighted by atomic mass is 16.4.